The highest BCUT2D eigenvalue weighted by atomic mass is 16.3. The molecule has 0 aromatic carbocycles. The first-order chi connectivity index (χ1) is 7.16. The van der Waals surface area contributed by atoms with Gasteiger partial charge in [0.2, 0.25) is 0 Å². The Morgan fingerprint density at radius 1 is 1.73 bits per heavy atom. The van der Waals surface area contributed by atoms with Crippen molar-refractivity contribution >= 4 is 5.78 Å². The zero-order chi connectivity index (χ0) is 10.8. The summed E-state index contributed by atoms with van der Waals surface area (Å²) in [6.07, 6.45) is 6.04. The molecule has 1 aromatic rings. The van der Waals surface area contributed by atoms with Crippen molar-refractivity contribution in [2.75, 3.05) is 0 Å². The van der Waals surface area contributed by atoms with Crippen LogP contribution in [0.2, 0.25) is 0 Å². The molecule has 0 aliphatic heterocycles. The van der Waals surface area contributed by atoms with E-state index in [-0.39, 0.29) is 11.7 Å². The minimum atomic E-state index is -0.721. The van der Waals surface area contributed by atoms with Crippen molar-refractivity contribution in [1.82, 2.24) is 9.78 Å². The molecule has 0 radical (unpaired) electrons. The van der Waals surface area contributed by atoms with Crippen molar-refractivity contribution in [1.29, 1.82) is 0 Å². The second-order valence-electron chi connectivity index (χ2n) is 4.27. The zero-order valence-corrected chi connectivity index (χ0v) is 8.89. The number of rotatable bonds is 5. The predicted molar refractivity (Wildman–Crippen MR) is 55.3 cm³/mol. The van der Waals surface area contributed by atoms with E-state index in [2.05, 4.69) is 5.10 Å². The molecule has 1 fully saturated rings. The van der Waals surface area contributed by atoms with Gasteiger partial charge in [-0.2, -0.15) is 5.10 Å². The maximum absolute atomic E-state index is 11.5. The van der Waals surface area contributed by atoms with E-state index in [0.29, 0.717) is 12.8 Å². The Morgan fingerprint density at radius 3 is 3.00 bits per heavy atom. The zero-order valence-electron chi connectivity index (χ0n) is 8.89. The van der Waals surface area contributed by atoms with Crippen LogP contribution in [0.4, 0.5) is 0 Å². The number of hydrogen-bond donors (Lipinski definition) is 1. The smallest absolute Gasteiger partial charge is 0.161 e. The normalized spacial score (nSPS) is 17.7. The third kappa shape index (κ3) is 2.65. The lowest BCUT2D eigenvalue weighted by atomic mass is 10.0. The Labute approximate surface area is 88.9 Å². The van der Waals surface area contributed by atoms with Crippen LogP contribution in [0.15, 0.2) is 12.4 Å². The van der Waals surface area contributed by atoms with Gasteiger partial charge in [-0.05, 0) is 30.7 Å². The third-order valence-electron chi connectivity index (χ3n) is 2.82. The highest BCUT2D eigenvalue weighted by Gasteiger charge is 2.33. The van der Waals surface area contributed by atoms with Crippen molar-refractivity contribution in [2.24, 2.45) is 13.0 Å². The molecular weight excluding hydrogens is 192 g/mol. The van der Waals surface area contributed by atoms with E-state index in [0.717, 1.165) is 18.4 Å². The molecule has 1 aromatic heterocycles. The van der Waals surface area contributed by atoms with Crippen LogP contribution in [-0.4, -0.2) is 26.8 Å². The van der Waals surface area contributed by atoms with Crippen LogP contribution in [0.25, 0.3) is 0 Å². The number of nitrogens with zero attached hydrogens (tertiary/aromatic N) is 2. The summed E-state index contributed by atoms with van der Waals surface area (Å²) in [6.45, 7) is 0. The van der Waals surface area contributed by atoms with Crippen molar-refractivity contribution in [3.63, 3.8) is 0 Å². The fourth-order valence-electron chi connectivity index (χ4n) is 1.69. The van der Waals surface area contributed by atoms with Gasteiger partial charge in [0.15, 0.2) is 5.78 Å². The number of ketones is 1. The van der Waals surface area contributed by atoms with Crippen LogP contribution < -0.4 is 0 Å². The summed E-state index contributed by atoms with van der Waals surface area (Å²) in [5.74, 6) is 0.216. The van der Waals surface area contributed by atoms with E-state index in [1.54, 1.807) is 10.9 Å². The first-order valence-electron chi connectivity index (χ1n) is 5.35. The SMILES string of the molecule is Cn1cc(CCC(=O)C(O)C2CC2)cn1. The lowest BCUT2D eigenvalue weighted by Crippen LogP contribution is -2.22. The number of hydrogen-bond acceptors (Lipinski definition) is 3. The molecule has 0 amide bonds. The summed E-state index contributed by atoms with van der Waals surface area (Å²) >= 11 is 0. The van der Waals surface area contributed by atoms with Crippen LogP contribution in [0, 0.1) is 5.92 Å². The number of aliphatic hydroxyl groups is 1. The molecule has 15 heavy (non-hydrogen) atoms. The second-order valence-corrected chi connectivity index (χ2v) is 4.27. The van der Waals surface area contributed by atoms with E-state index in [4.69, 9.17) is 0 Å². The van der Waals surface area contributed by atoms with Crippen molar-refractivity contribution < 1.29 is 9.90 Å². The molecule has 4 nitrogen and oxygen atoms in total. The minimum absolute atomic E-state index is 0.0265. The standard InChI is InChI=1S/C11H16N2O2/c1-13-7-8(6-12-13)2-5-10(14)11(15)9-3-4-9/h6-7,9,11,15H,2-5H2,1H3. The molecule has 1 N–H and O–H groups in total. The Kier molecular flexibility index (Phi) is 2.86. The summed E-state index contributed by atoms with van der Waals surface area (Å²) in [5.41, 5.74) is 1.05. The molecule has 1 aliphatic carbocycles. The van der Waals surface area contributed by atoms with Crippen LogP contribution >= 0.6 is 0 Å². The molecule has 0 spiro atoms. The van der Waals surface area contributed by atoms with Gasteiger partial charge in [0.25, 0.3) is 0 Å². The molecule has 1 atom stereocenters. The predicted octanol–water partition coefficient (Wildman–Crippen LogP) is 0.693. The van der Waals surface area contributed by atoms with Crippen molar-refractivity contribution in [2.45, 2.75) is 31.8 Å². The highest BCUT2D eigenvalue weighted by Crippen LogP contribution is 2.33. The lowest BCUT2D eigenvalue weighted by Gasteiger charge is -2.06. The van der Waals surface area contributed by atoms with Gasteiger partial charge in [0.05, 0.1) is 6.20 Å². The van der Waals surface area contributed by atoms with E-state index in [9.17, 15) is 9.90 Å². The molecule has 1 saturated carbocycles. The van der Waals surface area contributed by atoms with Gasteiger partial charge in [0.1, 0.15) is 6.10 Å². The maximum Gasteiger partial charge on any atom is 0.161 e. The highest BCUT2D eigenvalue weighted by molar-refractivity contribution is 5.83. The third-order valence-corrected chi connectivity index (χ3v) is 2.82. The molecule has 2 rings (SSSR count). The van der Waals surface area contributed by atoms with Gasteiger partial charge >= 0.3 is 0 Å². The summed E-state index contributed by atoms with van der Waals surface area (Å²) in [4.78, 5) is 11.5. The van der Waals surface area contributed by atoms with E-state index in [1.165, 1.54) is 0 Å². The number of carbonyl (C=O) groups excluding carboxylic acids is 1. The average Bonchev–Trinajstić information content (AvgIpc) is 2.98. The van der Waals surface area contributed by atoms with E-state index >= 15 is 0 Å². The van der Waals surface area contributed by atoms with Gasteiger partial charge in [-0.25, -0.2) is 0 Å². The van der Waals surface area contributed by atoms with Crippen molar-refractivity contribution in [3.05, 3.63) is 18.0 Å². The first-order valence-corrected chi connectivity index (χ1v) is 5.35. The van der Waals surface area contributed by atoms with Gasteiger partial charge < -0.3 is 5.11 Å². The van der Waals surface area contributed by atoms with Crippen molar-refractivity contribution in [3.8, 4) is 0 Å². The number of carbonyl (C=O) groups is 1. The largest absolute Gasteiger partial charge is 0.385 e. The van der Waals surface area contributed by atoms with Crippen LogP contribution in [0.1, 0.15) is 24.8 Å². The Hall–Kier alpha value is -1.16. The number of Topliss-reactive ketones (excluding diaryl/α,β-unsaturated/α-hetero) is 1. The molecule has 1 unspecified atom stereocenters. The summed E-state index contributed by atoms with van der Waals surface area (Å²) in [7, 11) is 1.85. The fourth-order valence-corrected chi connectivity index (χ4v) is 1.69. The van der Waals surface area contributed by atoms with Gasteiger partial charge in [-0.15, -0.1) is 0 Å². The maximum atomic E-state index is 11.5. The Bertz CT molecular complexity index is 355. The fraction of sp³-hybridized carbons (Fsp3) is 0.636. The first kappa shape index (κ1) is 10.4. The van der Waals surface area contributed by atoms with Crippen LogP contribution in [-0.2, 0) is 18.3 Å². The Morgan fingerprint density at radius 2 is 2.47 bits per heavy atom. The lowest BCUT2D eigenvalue weighted by molar-refractivity contribution is -0.128. The topological polar surface area (TPSA) is 55.1 Å². The van der Waals surface area contributed by atoms with E-state index in [1.807, 2.05) is 13.2 Å². The van der Waals surface area contributed by atoms with Crippen LogP contribution in [0.3, 0.4) is 0 Å². The van der Waals surface area contributed by atoms with Gasteiger partial charge in [-0.1, -0.05) is 0 Å². The average molecular weight is 208 g/mol. The summed E-state index contributed by atoms with van der Waals surface area (Å²) < 4.78 is 1.72. The number of aromatic nitrogens is 2. The number of aliphatic hydroxyl groups excluding tert-OH is 1. The molecular formula is C11H16N2O2. The quantitative estimate of drug-likeness (QED) is 0.774. The van der Waals surface area contributed by atoms with E-state index < -0.39 is 6.10 Å². The van der Waals surface area contributed by atoms with Gasteiger partial charge in [0, 0.05) is 19.7 Å². The van der Waals surface area contributed by atoms with Gasteiger partial charge in [-0.3, -0.25) is 9.48 Å². The summed E-state index contributed by atoms with van der Waals surface area (Å²) in [5, 5.41) is 13.6. The minimum Gasteiger partial charge on any atom is -0.385 e. The number of aryl methyl sites for hydroxylation is 2. The second kappa shape index (κ2) is 4.14. The molecule has 82 valence electrons. The summed E-state index contributed by atoms with van der Waals surface area (Å²) in [6, 6.07) is 0. The molecule has 1 heterocycles. The monoisotopic (exact) mass is 208 g/mol. The molecule has 0 saturated heterocycles. The molecule has 4 heteroatoms. The molecule has 0 bridgehead atoms. The Balaban J connectivity index is 1.79. The van der Waals surface area contributed by atoms with Crippen LogP contribution in [0.5, 0.6) is 0 Å². The molecule has 1 aliphatic rings.